The molecule has 3 heterocycles. The van der Waals surface area contributed by atoms with Crippen LogP contribution in [-0.2, 0) is 6.42 Å². The fourth-order valence-electron chi connectivity index (χ4n) is 4.13. The van der Waals surface area contributed by atoms with Crippen molar-refractivity contribution >= 4 is 17.3 Å². The van der Waals surface area contributed by atoms with E-state index in [4.69, 9.17) is 9.84 Å². The van der Waals surface area contributed by atoms with E-state index in [-0.39, 0.29) is 5.82 Å². The molecule has 0 bridgehead atoms. The average Bonchev–Trinajstić information content (AvgIpc) is 3.20. The van der Waals surface area contributed by atoms with Crippen molar-refractivity contribution in [1.82, 2.24) is 19.6 Å². The number of nitrogens with zero attached hydrogens (tertiary/aromatic N) is 6. The monoisotopic (exact) mass is 432 g/mol. The van der Waals surface area contributed by atoms with Crippen molar-refractivity contribution in [2.24, 2.45) is 0 Å². The molecule has 2 aromatic heterocycles. The zero-order chi connectivity index (χ0) is 22.1. The molecule has 0 N–H and O–H groups in total. The first-order valence-corrected chi connectivity index (χ1v) is 10.7. The second-order valence-corrected chi connectivity index (χ2v) is 7.97. The van der Waals surface area contributed by atoms with Gasteiger partial charge in [0.2, 0.25) is 0 Å². The Balaban J connectivity index is 1.36. The number of methoxy groups -OCH3 is 1. The van der Waals surface area contributed by atoms with Crippen LogP contribution in [0, 0.1) is 12.7 Å². The van der Waals surface area contributed by atoms with Crippen molar-refractivity contribution in [3.05, 3.63) is 77.5 Å². The molecule has 164 valence electrons. The van der Waals surface area contributed by atoms with Gasteiger partial charge in [-0.25, -0.2) is 9.37 Å². The number of hydrogen-bond donors (Lipinski definition) is 0. The van der Waals surface area contributed by atoms with Crippen LogP contribution < -0.4 is 14.5 Å². The molecule has 1 aliphatic heterocycles. The number of halogens is 1. The van der Waals surface area contributed by atoms with Crippen LogP contribution in [0.4, 0.5) is 15.9 Å². The predicted octanol–water partition coefficient (Wildman–Crippen LogP) is 3.50. The summed E-state index contributed by atoms with van der Waals surface area (Å²) in [7, 11) is 1.68. The van der Waals surface area contributed by atoms with Crippen LogP contribution in [0.15, 0.2) is 54.6 Å². The molecule has 4 aromatic rings. The lowest BCUT2D eigenvalue weighted by Gasteiger charge is -2.37. The highest BCUT2D eigenvalue weighted by Crippen LogP contribution is 2.24. The summed E-state index contributed by atoms with van der Waals surface area (Å²) in [6, 6.07) is 16.8. The lowest BCUT2D eigenvalue weighted by atomic mass is 10.1. The van der Waals surface area contributed by atoms with E-state index >= 15 is 0 Å². The van der Waals surface area contributed by atoms with E-state index in [1.54, 1.807) is 13.2 Å². The van der Waals surface area contributed by atoms with Crippen LogP contribution in [0.2, 0.25) is 0 Å². The maximum atomic E-state index is 13.6. The van der Waals surface area contributed by atoms with Gasteiger partial charge in [0.1, 0.15) is 17.4 Å². The summed E-state index contributed by atoms with van der Waals surface area (Å²) in [4.78, 5) is 13.9. The highest BCUT2D eigenvalue weighted by atomic mass is 19.1. The van der Waals surface area contributed by atoms with Gasteiger partial charge in [-0.15, -0.1) is 5.10 Å². The topological polar surface area (TPSA) is 58.8 Å². The molecule has 1 fully saturated rings. The SMILES string of the molecule is COc1ccc(N2CCN(c3cc(C)nc4nc(Cc5cccc(F)c5)nn34)CC2)cc1. The Hall–Kier alpha value is -3.68. The summed E-state index contributed by atoms with van der Waals surface area (Å²) in [5.74, 6) is 2.80. The molecule has 0 atom stereocenters. The number of aromatic nitrogens is 4. The van der Waals surface area contributed by atoms with E-state index in [2.05, 4.69) is 38.0 Å². The summed E-state index contributed by atoms with van der Waals surface area (Å²) < 4.78 is 20.6. The second-order valence-electron chi connectivity index (χ2n) is 7.97. The molecule has 32 heavy (non-hydrogen) atoms. The van der Waals surface area contributed by atoms with Gasteiger partial charge in [-0.1, -0.05) is 12.1 Å². The van der Waals surface area contributed by atoms with Gasteiger partial charge < -0.3 is 14.5 Å². The molecular formula is C24H25FN6O. The van der Waals surface area contributed by atoms with Crippen LogP contribution in [0.1, 0.15) is 17.1 Å². The highest BCUT2D eigenvalue weighted by Gasteiger charge is 2.21. The smallest absolute Gasteiger partial charge is 0.254 e. The number of hydrogen-bond acceptors (Lipinski definition) is 6. The molecule has 0 unspecified atom stereocenters. The third-order valence-electron chi connectivity index (χ3n) is 5.76. The number of ether oxygens (including phenoxy) is 1. The third kappa shape index (κ3) is 4.08. The molecular weight excluding hydrogens is 407 g/mol. The van der Waals surface area contributed by atoms with Crippen molar-refractivity contribution < 1.29 is 9.13 Å². The Labute approximate surface area is 186 Å². The molecule has 8 heteroatoms. The van der Waals surface area contributed by atoms with Crippen LogP contribution in [-0.4, -0.2) is 52.9 Å². The van der Waals surface area contributed by atoms with Gasteiger partial charge in [-0.2, -0.15) is 9.50 Å². The fourth-order valence-corrected chi connectivity index (χ4v) is 4.13. The molecule has 7 nitrogen and oxygen atoms in total. The minimum Gasteiger partial charge on any atom is -0.497 e. The Kier molecular flexibility index (Phi) is 5.34. The van der Waals surface area contributed by atoms with E-state index in [1.165, 1.54) is 17.8 Å². The molecule has 0 saturated carbocycles. The van der Waals surface area contributed by atoms with E-state index in [1.807, 2.05) is 29.6 Å². The number of piperazine rings is 1. The van der Waals surface area contributed by atoms with Crippen molar-refractivity contribution in [1.29, 1.82) is 0 Å². The van der Waals surface area contributed by atoms with Gasteiger partial charge in [-0.3, -0.25) is 0 Å². The first kappa shape index (κ1) is 20.2. The molecule has 1 saturated heterocycles. The molecule has 0 spiro atoms. The van der Waals surface area contributed by atoms with Crippen LogP contribution >= 0.6 is 0 Å². The van der Waals surface area contributed by atoms with Gasteiger partial charge in [0, 0.05) is 50.0 Å². The Morgan fingerprint density at radius 1 is 0.938 bits per heavy atom. The van der Waals surface area contributed by atoms with Gasteiger partial charge in [0.05, 0.1) is 7.11 Å². The quantitative estimate of drug-likeness (QED) is 0.481. The van der Waals surface area contributed by atoms with Crippen LogP contribution in [0.25, 0.3) is 5.78 Å². The first-order chi connectivity index (χ1) is 15.6. The number of anilines is 2. The van der Waals surface area contributed by atoms with E-state index in [0.717, 1.165) is 49.0 Å². The number of benzene rings is 2. The van der Waals surface area contributed by atoms with Crippen LogP contribution in [0.3, 0.4) is 0 Å². The predicted molar refractivity (Wildman–Crippen MR) is 122 cm³/mol. The van der Waals surface area contributed by atoms with Gasteiger partial charge in [-0.05, 0) is 48.9 Å². The summed E-state index contributed by atoms with van der Waals surface area (Å²) >= 11 is 0. The normalized spacial score (nSPS) is 14.2. The van der Waals surface area contributed by atoms with E-state index in [0.29, 0.717) is 18.0 Å². The molecule has 0 radical (unpaired) electrons. The van der Waals surface area contributed by atoms with Gasteiger partial charge >= 0.3 is 0 Å². The molecule has 1 aliphatic rings. The maximum Gasteiger partial charge on any atom is 0.254 e. The second kappa shape index (κ2) is 8.45. The highest BCUT2D eigenvalue weighted by molar-refractivity contribution is 5.53. The van der Waals surface area contributed by atoms with Crippen molar-refractivity contribution in [2.45, 2.75) is 13.3 Å². The first-order valence-electron chi connectivity index (χ1n) is 10.7. The zero-order valence-corrected chi connectivity index (χ0v) is 18.2. The lowest BCUT2D eigenvalue weighted by Crippen LogP contribution is -2.47. The van der Waals surface area contributed by atoms with Crippen molar-refractivity contribution in [3.63, 3.8) is 0 Å². The van der Waals surface area contributed by atoms with Crippen molar-refractivity contribution in [3.8, 4) is 5.75 Å². The maximum absolute atomic E-state index is 13.6. The summed E-state index contributed by atoms with van der Waals surface area (Å²) in [5, 5.41) is 4.70. The van der Waals surface area contributed by atoms with Gasteiger partial charge in [0.15, 0.2) is 5.82 Å². The lowest BCUT2D eigenvalue weighted by molar-refractivity contribution is 0.415. The number of fused-ring (bicyclic) bond motifs is 1. The Bertz CT molecular complexity index is 1230. The van der Waals surface area contributed by atoms with Gasteiger partial charge in [0.25, 0.3) is 5.78 Å². The molecule has 0 amide bonds. The Morgan fingerprint density at radius 3 is 2.41 bits per heavy atom. The minimum atomic E-state index is -0.254. The summed E-state index contributed by atoms with van der Waals surface area (Å²) in [6.07, 6.45) is 0.463. The van der Waals surface area contributed by atoms with E-state index in [9.17, 15) is 4.39 Å². The van der Waals surface area contributed by atoms with Crippen molar-refractivity contribution in [2.75, 3.05) is 43.1 Å². The molecule has 5 rings (SSSR count). The average molecular weight is 433 g/mol. The fraction of sp³-hybridized carbons (Fsp3) is 0.292. The number of aryl methyl sites for hydroxylation is 1. The standard InChI is InChI=1S/C24H25FN6O/c1-17-14-23(30-12-10-29(11-13-30)20-6-8-21(32-2)9-7-20)31-24(26-17)27-22(28-31)16-18-4-3-5-19(25)15-18/h3-9,14-15H,10-13,16H2,1-2H3. The zero-order valence-electron chi connectivity index (χ0n) is 18.2. The molecule has 2 aromatic carbocycles. The number of rotatable bonds is 5. The third-order valence-corrected chi connectivity index (χ3v) is 5.76. The minimum absolute atomic E-state index is 0.254. The summed E-state index contributed by atoms with van der Waals surface area (Å²) in [5.41, 5.74) is 2.93. The Morgan fingerprint density at radius 2 is 1.69 bits per heavy atom. The molecule has 0 aliphatic carbocycles. The van der Waals surface area contributed by atoms with Crippen LogP contribution in [0.5, 0.6) is 5.75 Å². The summed E-state index contributed by atoms with van der Waals surface area (Å²) in [6.45, 7) is 5.51. The van der Waals surface area contributed by atoms with E-state index < -0.39 is 0 Å². The largest absolute Gasteiger partial charge is 0.497 e.